The van der Waals surface area contributed by atoms with Crippen LogP contribution in [0.15, 0.2) is 54.6 Å². The first-order chi connectivity index (χ1) is 9.16. The first-order valence-corrected chi connectivity index (χ1v) is 6.04. The van der Waals surface area contributed by atoms with Crippen molar-refractivity contribution < 1.29 is 9.18 Å². The highest BCUT2D eigenvalue weighted by molar-refractivity contribution is 5.96. The molecule has 0 radical (unpaired) electrons. The number of amides is 1. The van der Waals surface area contributed by atoms with Crippen LogP contribution in [-0.2, 0) is 4.79 Å². The third-order valence-corrected chi connectivity index (χ3v) is 2.68. The first-order valence-electron chi connectivity index (χ1n) is 6.04. The Morgan fingerprint density at radius 1 is 1.05 bits per heavy atom. The summed E-state index contributed by atoms with van der Waals surface area (Å²) in [5.74, 6) is -0.725. The molecule has 2 N–H and O–H groups in total. The molecule has 2 aromatic carbocycles. The average molecular weight is 258 g/mol. The molecule has 0 bridgehead atoms. The van der Waals surface area contributed by atoms with Crippen molar-refractivity contribution in [1.82, 2.24) is 0 Å². The smallest absolute Gasteiger partial charge is 0.246 e. The minimum Gasteiger partial charge on any atom is -0.374 e. The van der Waals surface area contributed by atoms with Crippen molar-refractivity contribution in [1.29, 1.82) is 0 Å². The number of benzene rings is 2. The number of carbonyl (C=O) groups is 1. The zero-order valence-corrected chi connectivity index (χ0v) is 10.6. The van der Waals surface area contributed by atoms with Gasteiger partial charge < -0.3 is 10.6 Å². The quantitative estimate of drug-likeness (QED) is 0.883. The van der Waals surface area contributed by atoms with E-state index in [0.717, 1.165) is 5.69 Å². The molecule has 0 saturated heterocycles. The molecule has 0 heterocycles. The Morgan fingerprint density at radius 3 is 2.37 bits per heavy atom. The SMILES string of the molecule is CC(Nc1ccccc1)C(=O)Nc1ccccc1F. The summed E-state index contributed by atoms with van der Waals surface area (Å²) in [5, 5.41) is 5.60. The van der Waals surface area contributed by atoms with Crippen molar-refractivity contribution in [2.45, 2.75) is 13.0 Å². The van der Waals surface area contributed by atoms with Gasteiger partial charge in [0.1, 0.15) is 11.9 Å². The predicted molar refractivity (Wildman–Crippen MR) is 74.6 cm³/mol. The molecule has 0 spiro atoms. The maximum Gasteiger partial charge on any atom is 0.246 e. The standard InChI is InChI=1S/C15H15FN2O/c1-11(17-12-7-3-2-4-8-12)15(19)18-14-10-6-5-9-13(14)16/h2-11,17H,1H3,(H,18,19). The number of carbonyl (C=O) groups excluding carboxylic acids is 1. The van der Waals surface area contributed by atoms with Gasteiger partial charge in [-0.25, -0.2) is 4.39 Å². The van der Waals surface area contributed by atoms with Gasteiger partial charge in [0, 0.05) is 5.69 Å². The topological polar surface area (TPSA) is 41.1 Å². The number of nitrogens with one attached hydrogen (secondary N) is 2. The maximum atomic E-state index is 13.4. The Balaban J connectivity index is 1.99. The number of hydrogen-bond acceptors (Lipinski definition) is 2. The molecular weight excluding hydrogens is 243 g/mol. The lowest BCUT2D eigenvalue weighted by Gasteiger charge is -2.15. The first kappa shape index (κ1) is 13.1. The number of halogens is 1. The van der Waals surface area contributed by atoms with Gasteiger partial charge in [0.15, 0.2) is 0 Å². The van der Waals surface area contributed by atoms with Crippen molar-refractivity contribution in [3.8, 4) is 0 Å². The molecule has 0 fully saturated rings. The molecule has 2 rings (SSSR count). The number of para-hydroxylation sites is 2. The molecule has 4 heteroatoms. The summed E-state index contributed by atoms with van der Waals surface area (Å²) < 4.78 is 13.4. The van der Waals surface area contributed by atoms with Gasteiger partial charge in [-0.15, -0.1) is 0 Å². The van der Waals surface area contributed by atoms with Crippen LogP contribution in [0.25, 0.3) is 0 Å². The van der Waals surface area contributed by atoms with E-state index in [-0.39, 0.29) is 11.6 Å². The van der Waals surface area contributed by atoms with E-state index in [4.69, 9.17) is 0 Å². The van der Waals surface area contributed by atoms with Crippen LogP contribution in [0.1, 0.15) is 6.92 Å². The van der Waals surface area contributed by atoms with Gasteiger partial charge in [-0.05, 0) is 31.2 Å². The lowest BCUT2D eigenvalue weighted by molar-refractivity contribution is -0.116. The van der Waals surface area contributed by atoms with E-state index in [9.17, 15) is 9.18 Å². The highest BCUT2D eigenvalue weighted by atomic mass is 19.1. The number of rotatable bonds is 4. The summed E-state index contributed by atoms with van der Waals surface area (Å²) in [6.07, 6.45) is 0. The summed E-state index contributed by atoms with van der Waals surface area (Å²) in [6.45, 7) is 1.73. The fourth-order valence-electron chi connectivity index (χ4n) is 1.65. The van der Waals surface area contributed by atoms with E-state index in [1.807, 2.05) is 30.3 Å². The second kappa shape index (κ2) is 6.00. The molecular formula is C15H15FN2O. The monoisotopic (exact) mass is 258 g/mol. The van der Waals surface area contributed by atoms with Gasteiger partial charge in [-0.3, -0.25) is 4.79 Å². The maximum absolute atomic E-state index is 13.4. The fraction of sp³-hybridized carbons (Fsp3) is 0.133. The minimum absolute atomic E-state index is 0.189. The Bertz CT molecular complexity index is 557. The lowest BCUT2D eigenvalue weighted by atomic mass is 10.2. The van der Waals surface area contributed by atoms with Crippen LogP contribution in [-0.4, -0.2) is 11.9 Å². The van der Waals surface area contributed by atoms with Crippen molar-refractivity contribution in [3.63, 3.8) is 0 Å². The van der Waals surface area contributed by atoms with Gasteiger partial charge in [-0.1, -0.05) is 30.3 Å². The molecule has 0 aliphatic heterocycles. The molecule has 98 valence electrons. The molecule has 2 aromatic rings. The number of hydrogen-bond donors (Lipinski definition) is 2. The summed E-state index contributed by atoms with van der Waals surface area (Å²) in [5.41, 5.74) is 1.04. The zero-order valence-electron chi connectivity index (χ0n) is 10.6. The van der Waals surface area contributed by atoms with Crippen LogP contribution in [0, 0.1) is 5.82 Å². The Morgan fingerprint density at radius 2 is 1.68 bits per heavy atom. The van der Waals surface area contributed by atoms with E-state index >= 15 is 0 Å². The third-order valence-electron chi connectivity index (χ3n) is 2.68. The van der Waals surface area contributed by atoms with E-state index < -0.39 is 11.9 Å². The highest BCUT2D eigenvalue weighted by Crippen LogP contribution is 2.13. The number of anilines is 2. The largest absolute Gasteiger partial charge is 0.374 e. The third kappa shape index (κ3) is 3.55. The molecule has 0 aliphatic carbocycles. The second-order valence-electron chi connectivity index (χ2n) is 4.20. The molecule has 3 nitrogen and oxygen atoms in total. The van der Waals surface area contributed by atoms with E-state index in [0.29, 0.717) is 0 Å². The Hall–Kier alpha value is -2.36. The zero-order chi connectivity index (χ0) is 13.7. The summed E-state index contributed by atoms with van der Waals surface area (Å²) >= 11 is 0. The molecule has 1 amide bonds. The van der Waals surface area contributed by atoms with Crippen LogP contribution in [0.4, 0.5) is 15.8 Å². The summed E-state index contributed by atoms with van der Waals surface area (Å²) in [4.78, 5) is 11.9. The molecule has 19 heavy (non-hydrogen) atoms. The average Bonchev–Trinajstić information content (AvgIpc) is 2.42. The van der Waals surface area contributed by atoms with Crippen LogP contribution >= 0.6 is 0 Å². The predicted octanol–water partition coefficient (Wildman–Crippen LogP) is 3.26. The van der Waals surface area contributed by atoms with Gasteiger partial charge in [0.05, 0.1) is 5.69 Å². The molecule has 1 unspecified atom stereocenters. The van der Waals surface area contributed by atoms with Crippen LogP contribution in [0.2, 0.25) is 0 Å². The van der Waals surface area contributed by atoms with Crippen molar-refractivity contribution in [2.24, 2.45) is 0 Å². The van der Waals surface area contributed by atoms with Crippen molar-refractivity contribution in [3.05, 3.63) is 60.4 Å². The van der Waals surface area contributed by atoms with Crippen LogP contribution < -0.4 is 10.6 Å². The van der Waals surface area contributed by atoms with Gasteiger partial charge in [0.2, 0.25) is 5.91 Å². The van der Waals surface area contributed by atoms with Gasteiger partial charge in [-0.2, -0.15) is 0 Å². The van der Waals surface area contributed by atoms with Crippen LogP contribution in [0.3, 0.4) is 0 Å². The molecule has 0 aromatic heterocycles. The fourth-order valence-corrected chi connectivity index (χ4v) is 1.65. The van der Waals surface area contributed by atoms with E-state index in [1.165, 1.54) is 12.1 Å². The Kier molecular flexibility index (Phi) is 4.13. The van der Waals surface area contributed by atoms with Crippen molar-refractivity contribution in [2.75, 3.05) is 10.6 Å². The van der Waals surface area contributed by atoms with Gasteiger partial charge >= 0.3 is 0 Å². The second-order valence-corrected chi connectivity index (χ2v) is 4.20. The molecule has 0 saturated carbocycles. The summed E-state index contributed by atoms with van der Waals surface area (Å²) in [7, 11) is 0. The normalized spacial score (nSPS) is 11.7. The van der Waals surface area contributed by atoms with E-state index in [2.05, 4.69) is 10.6 Å². The highest BCUT2D eigenvalue weighted by Gasteiger charge is 2.14. The molecule has 0 aliphatic rings. The molecule has 1 atom stereocenters. The summed E-state index contributed by atoms with van der Waals surface area (Å²) in [6, 6.07) is 15.0. The van der Waals surface area contributed by atoms with E-state index in [1.54, 1.807) is 19.1 Å². The van der Waals surface area contributed by atoms with Crippen LogP contribution in [0.5, 0.6) is 0 Å². The van der Waals surface area contributed by atoms with Gasteiger partial charge in [0.25, 0.3) is 0 Å². The van der Waals surface area contributed by atoms with Crippen molar-refractivity contribution >= 4 is 17.3 Å². The lowest BCUT2D eigenvalue weighted by Crippen LogP contribution is -2.32. The minimum atomic E-state index is -0.456. The Labute approximate surface area is 111 Å².